The average molecular weight is 472 g/mol. The Labute approximate surface area is 199 Å². The van der Waals surface area contributed by atoms with Crippen LogP contribution in [-0.4, -0.2) is 51.2 Å². The predicted molar refractivity (Wildman–Crippen MR) is 122 cm³/mol. The summed E-state index contributed by atoms with van der Waals surface area (Å²) in [7, 11) is 6.20. The van der Waals surface area contributed by atoms with Crippen LogP contribution in [0.5, 0.6) is 0 Å². The van der Waals surface area contributed by atoms with Gasteiger partial charge >= 0.3 is 5.97 Å². The molecule has 174 valence electrons. The Bertz CT molecular complexity index is 1450. The van der Waals surface area contributed by atoms with Crippen LogP contribution in [0.15, 0.2) is 47.2 Å². The zero-order valence-electron chi connectivity index (χ0n) is 18.8. The van der Waals surface area contributed by atoms with Crippen molar-refractivity contribution >= 4 is 31.1 Å². The molecule has 0 bridgehead atoms. The van der Waals surface area contributed by atoms with Gasteiger partial charge in [-0.1, -0.05) is 23.4 Å². The molecule has 4 heterocycles. The maximum Gasteiger partial charge on any atom is 0.326 e. The zero-order valence-corrected chi connectivity index (χ0v) is 18.8. The summed E-state index contributed by atoms with van der Waals surface area (Å²) in [6.45, 7) is 3.26. The number of carbonyl (C=O) groups is 2. The Kier molecular flexibility index (Phi) is 5.42. The Hall–Kier alpha value is -4.35. The van der Waals surface area contributed by atoms with Crippen molar-refractivity contribution in [3.63, 3.8) is 0 Å². The van der Waals surface area contributed by atoms with E-state index < -0.39 is 17.3 Å². The van der Waals surface area contributed by atoms with Gasteiger partial charge in [0.2, 0.25) is 5.91 Å². The van der Waals surface area contributed by atoms with Crippen LogP contribution in [0.3, 0.4) is 0 Å². The monoisotopic (exact) mass is 472 g/mol. The van der Waals surface area contributed by atoms with E-state index in [-0.39, 0.29) is 41.8 Å². The standard InChI is InChI=1S/C23H18BFN6O4/c1-3-34-22(33)23(2)17-18(24)26-19(27-20(17)28-21(23)32)15-10-16(14-8-9-35-30-14)31(29-15)11-12-6-4-5-7-13(12)25/h4-10H,3,11H2,1-2H3,(H,26,27,28,32). The molecular weight excluding hydrogens is 454 g/mol. The number of esters is 1. The molecule has 4 aromatic rings. The number of nitrogens with zero attached hydrogens (tertiary/aromatic N) is 5. The molecule has 0 saturated carbocycles. The van der Waals surface area contributed by atoms with E-state index in [0.29, 0.717) is 22.6 Å². The minimum absolute atomic E-state index is 0.0643. The summed E-state index contributed by atoms with van der Waals surface area (Å²) in [6.07, 6.45) is 1.41. The van der Waals surface area contributed by atoms with Gasteiger partial charge in [-0.15, -0.1) is 0 Å². The van der Waals surface area contributed by atoms with Crippen molar-refractivity contribution in [1.82, 2.24) is 24.9 Å². The van der Waals surface area contributed by atoms with Crippen LogP contribution in [0.25, 0.3) is 22.9 Å². The van der Waals surface area contributed by atoms with Gasteiger partial charge in [0.1, 0.15) is 37.1 Å². The molecule has 0 spiro atoms. The Morgan fingerprint density at radius 2 is 2.06 bits per heavy atom. The van der Waals surface area contributed by atoms with E-state index in [1.807, 2.05) is 0 Å². The molecule has 5 rings (SSSR count). The summed E-state index contributed by atoms with van der Waals surface area (Å²) in [4.78, 5) is 34.0. The first-order valence-electron chi connectivity index (χ1n) is 10.7. The SMILES string of the molecule is [B]c1nc(-c2cc(-c3ccon3)n(Cc3ccccc3F)n2)nc2c1C(C)(C(=O)OCC)C(=O)N2. The van der Waals surface area contributed by atoms with E-state index >= 15 is 0 Å². The topological polar surface area (TPSA) is 125 Å². The normalized spacial score (nSPS) is 16.7. The van der Waals surface area contributed by atoms with Gasteiger partial charge in [0.15, 0.2) is 11.2 Å². The minimum atomic E-state index is -1.68. The number of benzene rings is 1. The second-order valence-corrected chi connectivity index (χ2v) is 8.00. The lowest BCUT2D eigenvalue weighted by molar-refractivity contribution is -0.152. The smallest absolute Gasteiger partial charge is 0.326 e. The minimum Gasteiger partial charge on any atom is -0.465 e. The third-order valence-electron chi connectivity index (χ3n) is 5.79. The molecule has 0 aliphatic carbocycles. The number of carbonyl (C=O) groups excluding carboxylic acids is 2. The largest absolute Gasteiger partial charge is 0.465 e. The van der Waals surface area contributed by atoms with Gasteiger partial charge in [0.05, 0.1) is 18.8 Å². The highest BCUT2D eigenvalue weighted by molar-refractivity contribution is 6.35. The van der Waals surface area contributed by atoms with E-state index in [0.717, 1.165) is 0 Å². The molecule has 10 nitrogen and oxygen atoms in total. The van der Waals surface area contributed by atoms with Gasteiger partial charge in [-0.2, -0.15) is 5.10 Å². The van der Waals surface area contributed by atoms with Crippen molar-refractivity contribution in [2.75, 3.05) is 11.9 Å². The highest BCUT2D eigenvalue weighted by Gasteiger charge is 2.52. The molecule has 0 saturated heterocycles. The van der Waals surface area contributed by atoms with Crippen molar-refractivity contribution < 1.29 is 23.2 Å². The molecule has 3 aromatic heterocycles. The summed E-state index contributed by atoms with van der Waals surface area (Å²) in [5, 5.41) is 11.1. The number of nitrogens with one attached hydrogen (secondary N) is 1. The lowest BCUT2D eigenvalue weighted by Crippen LogP contribution is -2.43. The van der Waals surface area contributed by atoms with Gasteiger partial charge in [-0.3, -0.25) is 14.3 Å². The third-order valence-corrected chi connectivity index (χ3v) is 5.79. The lowest BCUT2D eigenvalue weighted by Gasteiger charge is -2.20. The van der Waals surface area contributed by atoms with Crippen LogP contribution in [0.4, 0.5) is 10.2 Å². The Morgan fingerprint density at radius 1 is 1.26 bits per heavy atom. The van der Waals surface area contributed by atoms with Crippen molar-refractivity contribution in [2.24, 2.45) is 0 Å². The molecule has 1 aliphatic heterocycles. The summed E-state index contributed by atoms with van der Waals surface area (Å²) >= 11 is 0. The summed E-state index contributed by atoms with van der Waals surface area (Å²) < 4.78 is 25.9. The number of rotatable bonds is 6. The number of hydrogen-bond acceptors (Lipinski definition) is 8. The van der Waals surface area contributed by atoms with E-state index in [2.05, 4.69) is 25.5 Å². The molecule has 2 radical (unpaired) electrons. The maximum atomic E-state index is 14.3. The van der Waals surface area contributed by atoms with E-state index in [1.165, 1.54) is 19.3 Å². The van der Waals surface area contributed by atoms with Crippen LogP contribution in [0.1, 0.15) is 25.0 Å². The number of aromatic nitrogens is 5. The fourth-order valence-electron chi connectivity index (χ4n) is 3.98. The van der Waals surface area contributed by atoms with Gasteiger partial charge in [-0.25, -0.2) is 14.4 Å². The van der Waals surface area contributed by atoms with Gasteiger partial charge in [-0.05, 0) is 31.6 Å². The maximum absolute atomic E-state index is 14.3. The molecule has 35 heavy (non-hydrogen) atoms. The zero-order chi connectivity index (χ0) is 24.7. The fourth-order valence-corrected chi connectivity index (χ4v) is 3.98. The quantitative estimate of drug-likeness (QED) is 0.256. The number of hydrogen-bond donors (Lipinski definition) is 1. The van der Waals surface area contributed by atoms with Crippen LogP contribution in [0.2, 0.25) is 0 Å². The third kappa shape index (κ3) is 3.67. The number of amides is 1. The molecule has 1 atom stereocenters. The second-order valence-electron chi connectivity index (χ2n) is 8.00. The predicted octanol–water partition coefficient (Wildman–Crippen LogP) is 1.75. The highest BCUT2D eigenvalue weighted by atomic mass is 19.1. The van der Waals surface area contributed by atoms with E-state index in [4.69, 9.17) is 17.1 Å². The summed E-state index contributed by atoms with van der Waals surface area (Å²) in [6, 6.07) is 9.64. The number of anilines is 1. The van der Waals surface area contributed by atoms with Crippen LogP contribution < -0.4 is 10.9 Å². The molecular formula is C23H18BFN6O4. The Balaban J connectivity index is 1.59. The summed E-state index contributed by atoms with van der Waals surface area (Å²) in [5.74, 6) is -1.54. The van der Waals surface area contributed by atoms with Crippen molar-refractivity contribution in [3.8, 4) is 22.9 Å². The summed E-state index contributed by atoms with van der Waals surface area (Å²) in [5.41, 5.74) is 0.117. The second kappa shape index (κ2) is 8.46. The number of ether oxygens (including phenoxy) is 1. The van der Waals surface area contributed by atoms with E-state index in [1.54, 1.807) is 41.9 Å². The molecule has 1 N–H and O–H groups in total. The van der Waals surface area contributed by atoms with Crippen molar-refractivity contribution in [3.05, 3.63) is 59.6 Å². The van der Waals surface area contributed by atoms with Crippen LogP contribution in [0, 0.1) is 5.82 Å². The van der Waals surface area contributed by atoms with Gasteiger partial charge in [0.25, 0.3) is 0 Å². The molecule has 0 fully saturated rings. The first-order chi connectivity index (χ1) is 16.8. The number of halogens is 1. The first kappa shape index (κ1) is 22.4. The fraction of sp³-hybridized carbons (Fsp3) is 0.217. The highest BCUT2D eigenvalue weighted by Crippen LogP contribution is 2.37. The van der Waals surface area contributed by atoms with E-state index in [9.17, 15) is 14.0 Å². The molecule has 1 amide bonds. The van der Waals surface area contributed by atoms with Crippen LogP contribution >= 0.6 is 0 Å². The van der Waals surface area contributed by atoms with Crippen LogP contribution in [-0.2, 0) is 26.3 Å². The molecule has 1 aliphatic rings. The van der Waals surface area contributed by atoms with Crippen molar-refractivity contribution in [1.29, 1.82) is 0 Å². The van der Waals surface area contributed by atoms with Gasteiger partial charge < -0.3 is 14.6 Å². The average Bonchev–Trinajstić information content (AvgIpc) is 3.55. The van der Waals surface area contributed by atoms with Crippen molar-refractivity contribution in [2.45, 2.75) is 25.8 Å². The molecule has 12 heteroatoms. The van der Waals surface area contributed by atoms with Gasteiger partial charge in [0, 0.05) is 17.2 Å². The Morgan fingerprint density at radius 3 is 2.77 bits per heavy atom. The first-order valence-corrected chi connectivity index (χ1v) is 10.7. The molecule has 1 unspecified atom stereocenters. The lowest BCUT2D eigenvalue weighted by atomic mass is 9.79. The number of fused-ring (bicyclic) bond motifs is 1. The molecule has 1 aromatic carbocycles.